The van der Waals surface area contributed by atoms with Crippen LogP contribution in [0.15, 0.2) is 46.9 Å². The lowest BCUT2D eigenvalue weighted by atomic mass is 10.0. The summed E-state index contributed by atoms with van der Waals surface area (Å²) in [7, 11) is 0. The molecule has 1 aliphatic heterocycles. The minimum absolute atomic E-state index is 0.175. The molecule has 2 aliphatic rings. The van der Waals surface area contributed by atoms with Crippen molar-refractivity contribution in [1.82, 2.24) is 9.88 Å². The summed E-state index contributed by atoms with van der Waals surface area (Å²) in [5.41, 5.74) is 2.14. The van der Waals surface area contributed by atoms with Crippen LogP contribution in [0.1, 0.15) is 24.1 Å². The fraction of sp³-hybridized carbons (Fsp3) is 0.400. The first kappa shape index (κ1) is 17.3. The maximum atomic E-state index is 12.5. The average Bonchev–Trinajstić information content (AvgIpc) is 3.34. The lowest BCUT2D eigenvalue weighted by molar-refractivity contribution is 0.102. The molecule has 1 amide bonds. The second-order valence-corrected chi connectivity index (χ2v) is 8.10. The fourth-order valence-electron chi connectivity index (χ4n) is 3.59. The number of amides is 1. The zero-order chi connectivity index (χ0) is 18.1. The van der Waals surface area contributed by atoms with Gasteiger partial charge in [0.15, 0.2) is 0 Å². The smallest absolute Gasteiger partial charge is 0.410 e. The van der Waals surface area contributed by atoms with E-state index in [1.807, 2.05) is 54.3 Å². The number of hydrogen-bond acceptors (Lipinski definition) is 4. The van der Waals surface area contributed by atoms with Gasteiger partial charge in [0.1, 0.15) is 12.4 Å². The summed E-state index contributed by atoms with van der Waals surface area (Å²) in [5, 5.41) is 3.54. The summed E-state index contributed by atoms with van der Waals surface area (Å²) in [6.07, 6.45) is 2.05. The normalized spacial score (nSPS) is 20.2. The van der Waals surface area contributed by atoms with Crippen LogP contribution in [0, 0.1) is 12.3 Å². The Morgan fingerprint density at radius 3 is 2.77 bits per heavy atom. The first-order valence-corrected chi connectivity index (χ1v) is 9.70. The number of aryl methyl sites for hydroxylation is 1. The zero-order valence-corrected chi connectivity index (χ0v) is 16.3. The molecule has 0 radical (unpaired) electrons. The van der Waals surface area contributed by atoms with E-state index in [0.29, 0.717) is 13.2 Å². The lowest BCUT2D eigenvalue weighted by Crippen LogP contribution is -2.32. The van der Waals surface area contributed by atoms with E-state index in [-0.39, 0.29) is 17.6 Å². The highest BCUT2D eigenvalue weighted by molar-refractivity contribution is 9.10. The van der Waals surface area contributed by atoms with E-state index in [2.05, 4.69) is 26.2 Å². The molecule has 6 heteroatoms. The van der Waals surface area contributed by atoms with Crippen LogP contribution < -0.4 is 5.32 Å². The molecule has 2 heterocycles. The number of carbonyl (C=O) groups is 1. The van der Waals surface area contributed by atoms with Gasteiger partial charge in [0, 0.05) is 23.0 Å². The molecular weight excluding hydrogens is 394 g/mol. The van der Waals surface area contributed by atoms with Gasteiger partial charge >= 0.3 is 6.09 Å². The van der Waals surface area contributed by atoms with E-state index in [0.717, 1.165) is 40.9 Å². The number of ether oxygens (including phenoxy) is 1. The van der Waals surface area contributed by atoms with E-state index in [4.69, 9.17) is 4.74 Å². The van der Waals surface area contributed by atoms with Gasteiger partial charge in [0.05, 0.1) is 11.7 Å². The van der Waals surface area contributed by atoms with Gasteiger partial charge < -0.3 is 15.0 Å². The predicted molar refractivity (Wildman–Crippen MR) is 104 cm³/mol. The van der Waals surface area contributed by atoms with Gasteiger partial charge in [-0.05, 0) is 53.4 Å². The number of carbonyl (C=O) groups excluding carboxylic acids is 1. The Morgan fingerprint density at radius 2 is 2.08 bits per heavy atom. The fourth-order valence-corrected chi connectivity index (χ4v) is 3.81. The number of halogens is 1. The van der Waals surface area contributed by atoms with Crippen molar-refractivity contribution in [2.24, 2.45) is 5.41 Å². The topological polar surface area (TPSA) is 54.5 Å². The predicted octanol–water partition coefficient (Wildman–Crippen LogP) is 4.37. The minimum atomic E-state index is -0.232. The molecule has 0 unspecified atom stereocenters. The van der Waals surface area contributed by atoms with Crippen molar-refractivity contribution < 1.29 is 9.53 Å². The second-order valence-electron chi connectivity index (χ2n) is 7.24. The van der Waals surface area contributed by atoms with Crippen molar-refractivity contribution in [2.45, 2.75) is 32.4 Å². The van der Waals surface area contributed by atoms with Crippen molar-refractivity contribution in [3.05, 3.63) is 58.2 Å². The Labute approximate surface area is 161 Å². The summed E-state index contributed by atoms with van der Waals surface area (Å²) >= 11 is 3.48. The molecule has 136 valence electrons. The Balaban J connectivity index is 1.38. The Bertz CT molecular complexity index is 808. The SMILES string of the molecule is Cc1nc(N[C@@H]2CN(C(=O)OCc3ccccc3)CC23CC3)ccc1Br. The number of aromatic nitrogens is 1. The van der Waals surface area contributed by atoms with Gasteiger partial charge in [0.2, 0.25) is 0 Å². The van der Waals surface area contributed by atoms with Crippen molar-refractivity contribution >= 4 is 27.8 Å². The molecule has 1 aromatic heterocycles. The van der Waals surface area contributed by atoms with Gasteiger partial charge in [0.25, 0.3) is 0 Å². The average molecular weight is 416 g/mol. The van der Waals surface area contributed by atoms with E-state index in [9.17, 15) is 4.79 Å². The first-order valence-electron chi connectivity index (χ1n) is 8.91. The number of hydrogen-bond donors (Lipinski definition) is 1. The van der Waals surface area contributed by atoms with Gasteiger partial charge in [-0.2, -0.15) is 0 Å². The maximum Gasteiger partial charge on any atom is 0.410 e. The number of nitrogens with one attached hydrogen (secondary N) is 1. The molecule has 1 aromatic carbocycles. The Hall–Kier alpha value is -2.08. The van der Waals surface area contributed by atoms with E-state index in [1.54, 1.807) is 0 Å². The highest BCUT2D eigenvalue weighted by atomic mass is 79.9. The number of anilines is 1. The molecule has 26 heavy (non-hydrogen) atoms. The van der Waals surface area contributed by atoms with E-state index < -0.39 is 0 Å². The van der Waals surface area contributed by atoms with Crippen LogP contribution in [0.2, 0.25) is 0 Å². The largest absolute Gasteiger partial charge is 0.445 e. The molecule has 2 fully saturated rings. The molecule has 1 aliphatic carbocycles. The van der Waals surface area contributed by atoms with Crippen LogP contribution in [-0.2, 0) is 11.3 Å². The van der Waals surface area contributed by atoms with Crippen molar-refractivity contribution in [3.8, 4) is 0 Å². The monoisotopic (exact) mass is 415 g/mol. The summed E-state index contributed by atoms with van der Waals surface area (Å²) in [6, 6.07) is 14.0. The quantitative estimate of drug-likeness (QED) is 0.805. The summed E-state index contributed by atoms with van der Waals surface area (Å²) < 4.78 is 6.51. The molecule has 1 saturated carbocycles. The Morgan fingerprint density at radius 1 is 1.31 bits per heavy atom. The highest BCUT2D eigenvalue weighted by Crippen LogP contribution is 2.53. The molecule has 4 rings (SSSR count). The number of rotatable bonds is 4. The zero-order valence-electron chi connectivity index (χ0n) is 14.7. The number of likely N-dealkylation sites (tertiary alicyclic amines) is 1. The van der Waals surface area contributed by atoms with Crippen molar-refractivity contribution in [2.75, 3.05) is 18.4 Å². The first-order chi connectivity index (χ1) is 12.6. The van der Waals surface area contributed by atoms with E-state index >= 15 is 0 Å². The van der Waals surface area contributed by atoms with Gasteiger partial charge in [-0.1, -0.05) is 30.3 Å². The van der Waals surface area contributed by atoms with Crippen LogP contribution in [0.4, 0.5) is 10.6 Å². The molecule has 0 bridgehead atoms. The number of pyridine rings is 1. The lowest BCUT2D eigenvalue weighted by Gasteiger charge is -2.19. The van der Waals surface area contributed by atoms with E-state index in [1.165, 1.54) is 0 Å². The van der Waals surface area contributed by atoms with Crippen molar-refractivity contribution in [3.63, 3.8) is 0 Å². The molecule has 1 N–H and O–H groups in total. The summed E-state index contributed by atoms with van der Waals surface area (Å²) in [5.74, 6) is 0.862. The third-order valence-corrected chi connectivity index (χ3v) is 6.19. The summed E-state index contributed by atoms with van der Waals surface area (Å²) in [4.78, 5) is 18.9. The Kier molecular flexibility index (Phi) is 4.61. The number of benzene rings is 1. The molecule has 1 saturated heterocycles. The molecular formula is C20H22BrN3O2. The van der Waals surface area contributed by atoms with Crippen LogP contribution in [-0.4, -0.2) is 35.1 Å². The van der Waals surface area contributed by atoms with Gasteiger partial charge in [-0.15, -0.1) is 0 Å². The molecule has 1 spiro atoms. The molecule has 5 nitrogen and oxygen atoms in total. The van der Waals surface area contributed by atoms with Crippen LogP contribution in [0.3, 0.4) is 0 Å². The number of nitrogens with zero attached hydrogens (tertiary/aromatic N) is 2. The van der Waals surface area contributed by atoms with Crippen LogP contribution in [0.25, 0.3) is 0 Å². The highest BCUT2D eigenvalue weighted by Gasteiger charge is 2.56. The second kappa shape index (κ2) is 6.91. The summed E-state index contributed by atoms with van der Waals surface area (Å²) in [6.45, 7) is 3.71. The third-order valence-electron chi connectivity index (χ3n) is 5.35. The van der Waals surface area contributed by atoms with Gasteiger partial charge in [-0.3, -0.25) is 0 Å². The third kappa shape index (κ3) is 3.56. The molecule has 1 atom stereocenters. The van der Waals surface area contributed by atoms with Gasteiger partial charge in [-0.25, -0.2) is 9.78 Å². The maximum absolute atomic E-state index is 12.5. The van der Waals surface area contributed by atoms with Crippen LogP contribution >= 0.6 is 15.9 Å². The van der Waals surface area contributed by atoms with Crippen LogP contribution in [0.5, 0.6) is 0 Å². The molecule has 2 aromatic rings. The standard InChI is InChI=1S/C20H22BrN3O2/c1-14-16(21)7-8-18(22-14)23-17-11-24(13-20(17)9-10-20)19(25)26-12-15-5-3-2-4-6-15/h2-8,17H,9-13H2,1H3,(H,22,23)/t17-/m1/s1. The minimum Gasteiger partial charge on any atom is -0.445 e. The van der Waals surface area contributed by atoms with Crippen molar-refractivity contribution in [1.29, 1.82) is 0 Å².